The van der Waals surface area contributed by atoms with Crippen molar-refractivity contribution in [3.63, 3.8) is 0 Å². The van der Waals surface area contributed by atoms with Gasteiger partial charge in [-0.15, -0.1) is 0 Å². The number of aryl methyl sites for hydroxylation is 1. The molecule has 0 saturated heterocycles. The van der Waals surface area contributed by atoms with E-state index in [4.69, 9.17) is 5.84 Å². The molecule has 4 nitrogen and oxygen atoms in total. The Morgan fingerprint density at radius 1 is 1.37 bits per heavy atom. The van der Waals surface area contributed by atoms with Crippen LogP contribution in [0.2, 0.25) is 0 Å². The number of hydrogen-bond acceptors (Lipinski definition) is 3. The van der Waals surface area contributed by atoms with E-state index in [1.807, 2.05) is 12.4 Å². The summed E-state index contributed by atoms with van der Waals surface area (Å²) in [7, 11) is 0. The average Bonchev–Trinajstić information content (AvgIpc) is 3.05. The van der Waals surface area contributed by atoms with Crippen molar-refractivity contribution in [2.24, 2.45) is 11.8 Å². The lowest BCUT2D eigenvalue weighted by molar-refractivity contribution is 0.354. The Morgan fingerprint density at radius 3 is 2.63 bits per heavy atom. The van der Waals surface area contributed by atoms with Gasteiger partial charge in [-0.1, -0.05) is 24.3 Å². The summed E-state index contributed by atoms with van der Waals surface area (Å²) in [6.45, 7) is 3.05. The van der Waals surface area contributed by atoms with Gasteiger partial charge in [0.2, 0.25) is 0 Å². The zero-order valence-corrected chi connectivity index (χ0v) is 11.2. The Balaban J connectivity index is 1.86. The number of nitrogens with zero attached hydrogens (tertiary/aromatic N) is 2. The molecule has 0 radical (unpaired) electrons. The highest BCUT2D eigenvalue weighted by atomic mass is 15.3. The van der Waals surface area contributed by atoms with Crippen LogP contribution in [0.1, 0.15) is 29.9 Å². The highest BCUT2D eigenvalue weighted by Crippen LogP contribution is 2.34. The number of benzene rings is 1. The molecular weight excluding hydrogens is 236 g/mol. The summed E-state index contributed by atoms with van der Waals surface area (Å²) in [6, 6.07) is 8.77. The van der Waals surface area contributed by atoms with Crippen LogP contribution in [-0.2, 0) is 19.4 Å². The minimum Gasteiger partial charge on any atom is -0.334 e. The number of hydrazine groups is 1. The zero-order chi connectivity index (χ0) is 13.2. The first-order valence-corrected chi connectivity index (χ1v) is 6.87. The quantitative estimate of drug-likeness (QED) is 0.648. The molecule has 4 heteroatoms. The van der Waals surface area contributed by atoms with E-state index in [1.54, 1.807) is 0 Å². The summed E-state index contributed by atoms with van der Waals surface area (Å²) >= 11 is 0. The van der Waals surface area contributed by atoms with Crippen LogP contribution in [0.5, 0.6) is 0 Å². The maximum absolute atomic E-state index is 5.80. The number of nitrogens with one attached hydrogen (secondary N) is 1. The predicted molar refractivity (Wildman–Crippen MR) is 75.3 cm³/mol. The second-order valence-corrected chi connectivity index (χ2v) is 5.15. The molecule has 1 heterocycles. The van der Waals surface area contributed by atoms with E-state index >= 15 is 0 Å². The molecule has 0 fully saturated rings. The van der Waals surface area contributed by atoms with E-state index in [1.165, 1.54) is 11.1 Å². The maximum atomic E-state index is 5.80. The molecule has 0 aliphatic heterocycles. The van der Waals surface area contributed by atoms with Crippen molar-refractivity contribution >= 4 is 0 Å². The molecule has 3 rings (SSSR count). The first-order chi connectivity index (χ1) is 9.33. The van der Waals surface area contributed by atoms with Crippen LogP contribution < -0.4 is 11.3 Å². The van der Waals surface area contributed by atoms with Crippen LogP contribution in [0.3, 0.4) is 0 Å². The second-order valence-electron chi connectivity index (χ2n) is 5.15. The first kappa shape index (κ1) is 12.4. The molecule has 1 aromatic heterocycles. The number of hydrogen-bond donors (Lipinski definition) is 2. The molecule has 0 saturated carbocycles. The largest absolute Gasteiger partial charge is 0.334 e. The molecule has 2 aromatic rings. The molecular formula is C15H20N4. The Hall–Kier alpha value is -1.65. The van der Waals surface area contributed by atoms with Crippen LogP contribution in [0.25, 0.3) is 0 Å². The first-order valence-electron chi connectivity index (χ1n) is 6.87. The minimum absolute atomic E-state index is 0.113. The third-order valence-electron chi connectivity index (χ3n) is 4.10. The van der Waals surface area contributed by atoms with E-state index in [2.05, 4.69) is 46.2 Å². The summed E-state index contributed by atoms with van der Waals surface area (Å²) in [6.07, 6.45) is 6.01. The highest BCUT2D eigenvalue weighted by Gasteiger charge is 2.31. The van der Waals surface area contributed by atoms with Crippen LogP contribution >= 0.6 is 0 Å². The molecule has 0 bridgehead atoms. The molecule has 19 heavy (non-hydrogen) atoms. The van der Waals surface area contributed by atoms with E-state index in [0.29, 0.717) is 5.92 Å². The predicted octanol–water partition coefficient (Wildman–Crippen LogP) is 1.82. The summed E-state index contributed by atoms with van der Waals surface area (Å²) in [5.41, 5.74) is 5.87. The van der Waals surface area contributed by atoms with Crippen LogP contribution in [0, 0.1) is 5.92 Å². The summed E-state index contributed by atoms with van der Waals surface area (Å²) < 4.78 is 2.16. The van der Waals surface area contributed by atoms with Gasteiger partial charge in [0.1, 0.15) is 5.82 Å². The number of nitrogens with two attached hydrogens (primary N) is 1. The van der Waals surface area contributed by atoms with Crippen molar-refractivity contribution in [3.8, 4) is 0 Å². The molecule has 1 aliphatic rings. The second kappa shape index (κ2) is 5.15. The van der Waals surface area contributed by atoms with Gasteiger partial charge in [0, 0.05) is 18.9 Å². The van der Waals surface area contributed by atoms with E-state index in [0.717, 1.165) is 25.2 Å². The van der Waals surface area contributed by atoms with Crippen LogP contribution in [0.15, 0.2) is 36.7 Å². The molecule has 1 atom stereocenters. The molecule has 1 aromatic carbocycles. The van der Waals surface area contributed by atoms with Gasteiger partial charge in [-0.05, 0) is 36.8 Å². The molecule has 0 amide bonds. The summed E-state index contributed by atoms with van der Waals surface area (Å²) in [5.74, 6) is 7.32. The van der Waals surface area contributed by atoms with Crippen molar-refractivity contribution in [3.05, 3.63) is 53.6 Å². The summed E-state index contributed by atoms with van der Waals surface area (Å²) in [5, 5.41) is 0. The third kappa shape index (κ3) is 2.17. The number of rotatable bonds is 4. The fourth-order valence-electron chi connectivity index (χ4n) is 3.12. The Morgan fingerprint density at radius 2 is 2.05 bits per heavy atom. The Kier molecular flexibility index (Phi) is 3.36. The van der Waals surface area contributed by atoms with Gasteiger partial charge in [-0.2, -0.15) is 0 Å². The van der Waals surface area contributed by atoms with Gasteiger partial charge < -0.3 is 4.57 Å². The van der Waals surface area contributed by atoms with E-state index in [9.17, 15) is 0 Å². The minimum atomic E-state index is 0.113. The van der Waals surface area contributed by atoms with E-state index in [-0.39, 0.29) is 6.04 Å². The fourth-order valence-corrected chi connectivity index (χ4v) is 3.12. The number of fused-ring (bicyclic) bond motifs is 1. The highest BCUT2D eigenvalue weighted by molar-refractivity contribution is 5.33. The number of aromatic nitrogens is 2. The summed E-state index contributed by atoms with van der Waals surface area (Å²) in [4.78, 5) is 4.49. The van der Waals surface area contributed by atoms with Gasteiger partial charge in [-0.25, -0.2) is 10.4 Å². The third-order valence-corrected chi connectivity index (χ3v) is 4.10. The lowest BCUT2D eigenvalue weighted by Gasteiger charge is -2.22. The normalized spacial score (nSPS) is 16.5. The number of imidazole rings is 1. The van der Waals surface area contributed by atoms with Gasteiger partial charge in [0.15, 0.2) is 0 Å². The molecule has 100 valence electrons. The SMILES string of the molecule is CCn1ccnc1C(NN)C1Cc2ccccc2C1. The van der Waals surface area contributed by atoms with Crippen molar-refractivity contribution in [1.29, 1.82) is 0 Å². The lowest BCUT2D eigenvalue weighted by Crippen LogP contribution is -2.36. The topological polar surface area (TPSA) is 55.9 Å². The standard InChI is InChI=1S/C15H20N4/c1-2-19-8-7-17-15(19)14(18-16)13-9-11-5-3-4-6-12(11)10-13/h3-8,13-14,18H,2,9-10,16H2,1H3. The smallest absolute Gasteiger partial charge is 0.127 e. The van der Waals surface area contributed by atoms with Crippen molar-refractivity contribution in [2.45, 2.75) is 32.4 Å². The van der Waals surface area contributed by atoms with Gasteiger partial charge in [-0.3, -0.25) is 5.84 Å². The molecule has 0 spiro atoms. The Labute approximate surface area is 113 Å². The Bertz CT molecular complexity index is 536. The van der Waals surface area contributed by atoms with Crippen molar-refractivity contribution < 1.29 is 0 Å². The van der Waals surface area contributed by atoms with Crippen molar-refractivity contribution in [2.75, 3.05) is 0 Å². The lowest BCUT2D eigenvalue weighted by atomic mass is 9.96. The zero-order valence-electron chi connectivity index (χ0n) is 11.2. The van der Waals surface area contributed by atoms with Crippen molar-refractivity contribution in [1.82, 2.24) is 15.0 Å². The van der Waals surface area contributed by atoms with Gasteiger partial charge in [0.05, 0.1) is 6.04 Å². The maximum Gasteiger partial charge on any atom is 0.127 e. The molecule has 1 aliphatic carbocycles. The molecule has 1 unspecified atom stereocenters. The van der Waals surface area contributed by atoms with Crippen LogP contribution in [-0.4, -0.2) is 9.55 Å². The monoisotopic (exact) mass is 256 g/mol. The fraction of sp³-hybridized carbons (Fsp3) is 0.400. The van der Waals surface area contributed by atoms with Gasteiger partial charge >= 0.3 is 0 Å². The molecule has 3 N–H and O–H groups in total. The average molecular weight is 256 g/mol. The van der Waals surface area contributed by atoms with E-state index < -0.39 is 0 Å². The van der Waals surface area contributed by atoms with Crippen LogP contribution in [0.4, 0.5) is 0 Å². The van der Waals surface area contributed by atoms with Gasteiger partial charge in [0.25, 0.3) is 0 Å².